The van der Waals surface area contributed by atoms with Gasteiger partial charge in [0, 0.05) is 12.8 Å². The highest BCUT2D eigenvalue weighted by Crippen LogP contribution is 2.10. The number of carbonyl (C=O) groups is 1. The molecule has 5 nitrogen and oxygen atoms in total. The normalized spacial score (nSPS) is 12.7. The van der Waals surface area contributed by atoms with Crippen molar-refractivity contribution in [3.63, 3.8) is 0 Å². The summed E-state index contributed by atoms with van der Waals surface area (Å²) < 4.78 is 22.6. The van der Waals surface area contributed by atoms with Crippen LogP contribution in [-0.2, 0) is 21.2 Å². The maximum atomic E-state index is 11.7. The van der Waals surface area contributed by atoms with Crippen LogP contribution in [0.1, 0.15) is 19.4 Å². The van der Waals surface area contributed by atoms with Gasteiger partial charge in [0.1, 0.15) is 0 Å². The molecule has 20 heavy (non-hydrogen) atoms. The molecule has 1 aromatic rings. The molecule has 3 N–H and O–H groups in total. The zero-order chi connectivity index (χ0) is 14.6. The van der Waals surface area contributed by atoms with Gasteiger partial charge in [-0.25, -0.2) is 8.42 Å². The van der Waals surface area contributed by atoms with Crippen LogP contribution in [0.15, 0.2) is 29.2 Å². The molecule has 0 aliphatic rings. The quantitative estimate of drug-likeness (QED) is 0.850. The number of hydrogen-bond donors (Lipinski definition) is 2. The maximum absolute atomic E-state index is 11.7. The highest BCUT2D eigenvalue weighted by Gasteiger charge is 2.16. The van der Waals surface area contributed by atoms with Crippen molar-refractivity contribution in [2.45, 2.75) is 31.3 Å². The molecule has 0 fully saturated rings. The van der Waals surface area contributed by atoms with Crippen molar-refractivity contribution >= 4 is 28.2 Å². The van der Waals surface area contributed by atoms with Crippen molar-refractivity contribution in [3.8, 4) is 0 Å². The van der Waals surface area contributed by atoms with E-state index in [4.69, 9.17) is 5.73 Å². The minimum atomic E-state index is -3.18. The molecule has 0 aromatic heterocycles. The van der Waals surface area contributed by atoms with Gasteiger partial charge in [-0.3, -0.25) is 4.79 Å². The second-order valence-corrected chi connectivity index (χ2v) is 6.92. The largest absolute Gasteiger partial charge is 0.351 e. The first-order valence-electron chi connectivity index (χ1n) is 6.04. The molecule has 0 spiro atoms. The number of hydrogen-bond acceptors (Lipinski definition) is 4. The Balaban J connectivity index is 0.00000361. The van der Waals surface area contributed by atoms with Gasteiger partial charge >= 0.3 is 0 Å². The Labute approximate surface area is 126 Å². The molecule has 0 heterocycles. The van der Waals surface area contributed by atoms with E-state index in [1.54, 1.807) is 12.1 Å². The molecule has 0 bridgehead atoms. The van der Waals surface area contributed by atoms with Gasteiger partial charge < -0.3 is 11.1 Å². The van der Waals surface area contributed by atoms with E-state index in [0.29, 0.717) is 6.54 Å². The Bertz CT molecular complexity index is 541. The number of sulfone groups is 1. The van der Waals surface area contributed by atoms with Crippen LogP contribution < -0.4 is 11.1 Å². The van der Waals surface area contributed by atoms with Gasteiger partial charge in [0.15, 0.2) is 9.84 Å². The molecule has 1 atom stereocenters. The lowest BCUT2D eigenvalue weighted by molar-refractivity contribution is -0.123. The summed E-state index contributed by atoms with van der Waals surface area (Å²) in [5, 5.41) is 2.72. The van der Waals surface area contributed by atoms with Crippen LogP contribution in [0.5, 0.6) is 0 Å². The summed E-state index contributed by atoms with van der Waals surface area (Å²) in [5.74, 6) is -0.130. The van der Waals surface area contributed by atoms with E-state index in [0.717, 1.165) is 11.8 Å². The van der Waals surface area contributed by atoms with E-state index in [1.165, 1.54) is 12.1 Å². The second kappa shape index (κ2) is 7.61. The summed E-state index contributed by atoms with van der Waals surface area (Å²) in [7, 11) is -3.18. The molecule has 0 saturated heterocycles. The Kier molecular flexibility index (Phi) is 7.19. The molecule has 114 valence electrons. The predicted molar refractivity (Wildman–Crippen MR) is 81.5 cm³/mol. The van der Waals surface area contributed by atoms with Crippen molar-refractivity contribution in [2.75, 3.05) is 6.26 Å². The number of nitrogens with one attached hydrogen (secondary N) is 1. The van der Waals surface area contributed by atoms with Gasteiger partial charge in [0.2, 0.25) is 5.91 Å². The minimum Gasteiger partial charge on any atom is -0.351 e. The first kappa shape index (κ1) is 18.9. The fraction of sp³-hybridized carbons (Fsp3) is 0.462. The number of nitrogens with two attached hydrogens (primary N) is 1. The van der Waals surface area contributed by atoms with E-state index < -0.39 is 15.9 Å². The second-order valence-electron chi connectivity index (χ2n) is 4.90. The molecule has 0 aliphatic carbocycles. The molecule has 0 radical (unpaired) electrons. The Hall–Kier alpha value is -1.11. The predicted octanol–water partition coefficient (Wildman–Crippen LogP) is 1.11. The molecular weight excluding hydrogens is 300 g/mol. The number of halogens is 1. The topological polar surface area (TPSA) is 89.3 Å². The standard InChI is InChI=1S/C13H20N2O3S.ClH/c1-9(2)12(14)13(16)15-8-10-4-6-11(7-5-10)19(3,17)18;/h4-7,9,12H,8,14H2,1-3H3,(H,15,16);1H/t12-;/m0./s1. The zero-order valence-electron chi connectivity index (χ0n) is 11.8. The Morgan fingerprint density at radius 2 is 1.75 bits per heavy atom. The number of rotatable bonds is 5. The SMILES string of the molecule is CC(C)[C@H](N)C(=O)NCc1ccc(S(C)(=O)=O)cc1.Cl. The number of amides is 1. The molecule has 0 unspecified atom stereocenters. The fourth-order valence-electron chi connectivity index (χ4n) is 1.46. The third-order valence-corrected chi connectivity index (χ3v) is 3.97. The van der Waals surface area contributed by atoms with Gasteiger partial charge in [0.05, 0.1) is 10.9 Å². The first-order chi connectivity index (χ1) is 8.71. The lowest BCUT2D eigenvalue weighted by Gasteiger charge is -2.15. The minimum absolute atomic E-state index is 0. The summed E-state index contributed by atoms with van der Waals surface area (Å²) in [6.45, 7) is 4.10. The average Bonchev–Trinajstić information content (AvgIpc) is 2.34. The molecular formula is C13H21ClN2O3S. The van der Waals surface area contributed by atoms with Crippen LogP contribution >= 0.6 is 12.4 Å². The van der Waals surface area contributed by atoms with Crippen LogP contribution in [-0.4, -0.2) is 26.6 Å². The van der Waals surface area contributed by atoms with Crippen molar-refractivity contribution in [1.82, 2.24) is 5.32 Å². The Morgan fingerprint density at radius 3 is 2.15 bits per heavy atom. The van der Waals surface area contributed by atoms with E-state index in [2.05, 4.69) is 5.32 Å². The van der Waals surface area contributed by atoms with Crippen LogP contribution in [0.2, 0.25) is 0 Å². The number of carbonyl (C=O) groups excluding carboxylic acids is 1. The van der Waals surface area contributed by atoms with Crippen molar-refractivity contribution < 1.29 is 13.2 Å². The third kappa shape index (κ3) is 5.48. The van der Waals surface area contributed by atoms with Crippen LogP contribution in [0, 0.1) is 5.92 Å². The van der Waals surface area contributed by atoms with Gasteiger partial charge in [-0.2, -0.15) is 0 Å². The number of benzene rings is 1. The third-order valence-electron chi connectivity index (χ3n) is 2.84. The van der Waals surface area contributed by atoms with E-state index in [-0.39, 0.29) is 29.1 Å². The summed E-state index contributed by atoms with van der Waals surface area (Å²) >= 11 is 0. The molecule has 0 aliphatic heterocycles. The van der Waals surface area contributed by atoms with Gasteiger partial charge in [0.25, 0.3) is 0 Å². The van der Waals surface area contributed by atoms with Crippen molar-refractivity contribution in [2.24, 2.45) is 11.7 Å². The van der Waals surface area contributed by atoms with Gasteiger partial charge in [-0.1, -0.05) is 26.0 Å². The van der Waals surface area contributed by atoms with E-state index in [1.807, 2.05) is 13.8 Å². The zero-order valence-corrected chi connectivity index (χ0v) is 13.4. The molecule has 1 amide bonds. The maximum Gasteiger partial charge on any atom is 0.237 e. The summed E-state index contributed by atoms with van der Waals surface area (Å²) in [5.41, 5.74) is 6.54. The van der Waals surface area contributed by atoms with Crippen LogP contribution in [0.3, 0.4) is 0 Å². The van der Waals surface area contributed by atoms with Gasteiger partial charge in [-0.05, 0) is 23.6 Å². The van der Waals surface area contributed by atoms with Crippen molar-refractivity contribution in [1.29, 1.82) is 0 Å². The summed E-state index contributed by atoms with van der Waals surface area (Å²) in [4.78, 5) is 11.9. The molecule has 7 heteroatoms. The van der Waals surface area contributed by atoms with Gasteiger partial charge in [-0.15, -0.1) is 12.4 Å². The van der Waals surface area contributed by atoms with Crippen LogP contribution in [0.25, 0.3) is 0 Å². The molecule has 0 saturated carbocycles. The molecule has 1 aromatic carbocycles. The lowest BCUT2D eigenvalue weighted by Crippen LogP contribution is -2.43. The Morgan fingerprint density at radius 1 is 1.25 bits per heavy atom. The highest BCUT2D eigenvalue weighted by molar-refractivity contribution is 7.90. The smallest absolute Gasteiger partial charge is 0.237 e. The monoisotopic (exact) mass is 320 g/mol. The van der Waals surface area contributed by atoms with E-state index >= 15 is 0 Å². The van der Waals surface area contributed by atoms with Crippen LogP contribution in [0.4, 0.5) is 0 Å². The average molecular weight is 321 g/mol. The van der Waals surface area contributed by atoms with Crippen molar-refractivity contribution in [3.05, 3.63) is 29.8 Å². The molecule has 1 rings (SSSR count). The fourth-order valence-corrected chi connectivity index (χ4v) is 2.09. The first-order valence-corrected chi connectivity index (χ1v) is 7.93. The highest BCUT2D eigenvalue weighted by atomic mass is 35.5. The summed E-state index contributed by atoms with van der Waals surface area (Å²) in [6, 6.07) is 5.88. The summed E-state index contributed by atoms with van der Waals surface area (Å²) in [6.07, 6.45) is 1.16. The van der Waals surface area contributed by atoms with E-state index in [9.17, 15) is 13.2 Å². The lowest BCUT2D eigenvalue weighted by atomic mass is 10.0.